The minimum atomic E-state index is -0.476. The molecule has 0 saturated carbocycles. The SMILES string of the molecule is O=C(c1ccc(F)cc1Cl)N1CCCC(C(=O)N2CCOCC2)C1. The van der Waals surface area contributed by atoms with Crippen molar-refractivity contribution in [3.63, 3.8) is 0 Å². The van der Waals surface area contributed by atoms with Crippen LogP contribution in [-0.2, 0) is 9.53 Å². The Labute approximate surface area is 145 Å². The van der Waals surface area contributed by atoms with Crippen molar-refractivity contribution in [2.45, 2.75) is 12.8 Å². The smallest absolute Gasteiger partial charge is 0.255 e. The van der Waals surface area contributed by atoms with Crippen LogP contribution in [-0.4, -0.2) is 61.0 Å². The minimum Gasteiger partial charge on any atom is -0.378 e. The zero-order valence-electron chi connectivity index (χ0n) is 13.3. The second-order valence-corrected chi connectivity index (χ2v) is 6.56. The van der Waals surface area contributed by atoms with Crippen molar-refractivity contribution >= 4 is 23.4 Å². The highest BCUT2D eigenvalue weighted by Gasteiger charge is 2.32. The molecule has 0 bridgehead atoms. The molecule has 24 heavy (non-hydrogen) atoms. The number of rotatable bonds is 2. The summed E-state index contributed by atoms with van der Waals surface area (Å²) in [5, 5.41) is 0.0987. The summed E-state index contributed by atoms with van der Waals surface area (Å²) in [6.07, 6.45) is 1.54. The third kappa shape index (κ3) is 3.70. The zero-order valence-corrected chi connectivity index (χ0v) is 14.1. The van der Waals surface area contributed by atoms with Gasteiger partial charge in [0.15, 0.2) is 0 Å². The molecule has 0 N–H and O–H groups in total. The number of carbonyl (C=O) groups excluding carboxylic acids is 2. The maximum Gasteiger partial charge on any atom is 0.255 e. The van der Waals surface area contributed by atoms with Crippen LogP contribution in [0.5, 0.6) is 0 Å². The van der Waals surface area contributed by atoms with E-state index in [1.807, 2.05) is 4.90 Å². The maximum absolute atomic E-state index is 13.2. The van der Waals surface area contributed by atoms with Gasteiger partial charge in [-0.05, 0) is 31.0 Å². The Morgan fingerprint density at radius 2 is 1.92 bits per heavy atom. The van der Waals surface area contributed by atoms with Gasteiger partial charge in [0.2, 0.25) is 5.91 Å². The standard InChI is InChI=1S/C17H20ClFN2O3/c18-15-10-13(19)3-4-14(15)17(23)21-5-1-2-12(11-21)16(22)20-6-8-24-9-7-20/h3-4,10,12H,1-2,5-9,11H2. The van der Waals surface area contributed by atoms with Crippen molar-refractivity contribution in [1.82, 2.24) is 9.80 Å². The summed E-state index contributed by atoms with van der Waals surface area (Å²) in [6, 6.07) is 3.75. The predicted octanol–water partition coefficient (Wildman–Crippen LogP) is 2.19. The lowest BCUT2D eigenvalue weighted by Gasteiger charge is -2.36. The molecule has 5 nitrogen and oxygen atoms in total. The lowest BCUT2D eigenvalue weighted by atomic mass is 9.95. The van der Waals surface area contributed by atoms with Crippen LogP contribution in [0.2, 0.25) is 5.02 Å². The number of halogens is 2. The van der Waals surface area contributed by atoms with Gasteiger partial charge in [0.05, 0.1) is 29.7 Å². The van der Waals surface area contributed by atoms with Crippen LogP contribution in [0.3, 0.4) is 0 Å². The Balaban J connectivity index is 1.68. The summed E-state index contributed by atoms with van der Waals surface area (Å²) in [5.74, 6) is -0.837. The van der Waals surface area contributed by atoms with Gasteiger partial charge < -0.3 is 14.5 Å². The van der Waals surface area contributed by atoms with E-state index in [1.54, 1.807) is 4.90 Å². The Bertz CT molecular complexity index is 634. The molecule has 130 valence electrons. The Kier molecular flexibility index (Phi) is 5.36. The molecule has 1 unspecified atom stereocenters. The molecule has 0 radical (unpaired) electrons. The summed E-state index contributed by atoms with van der Waals surface area (Å²) in [4.78, 5) is 28.7. The van der Waals surface area contributed by atoms with Crippen LogP contribution >= 0.6 is 11.6 Å². The van der Waals surface area contributed by atoms with Crippen molar-refractivity contribution in [2.75, 3.05) is 39.4 Å². The van der Waals surface area contributed by atoms with Gasteiger partial charge >= 0.3 is 0 Å². The maximum atomic E-state index is 13.2. The number of carbonyl (C=O) groups is 2. The number of amides is 2. The van der Waals surface area contributed by atoms with Crippen molar-refractivity contribution in [3.8, 4) is 0 Å². The van der Waals surface area contributed by atoms with Gasteiger partial charge in [-0.15, -0.1) is 0 Å². The third-order valence-electron chi connectivity index (χ3n) is 4.54. The lowest BCUT2D eigenvalue weighted by molar-refractivity contribution is -0.141. The second kappa shape index (κ2) is 7.49. The van der Waals surface area contributed by atoms with E-state index < -0.39 is 5.82 Å². The first kappa shape index (κ1) is 17.2. The van der Waals surface area contributed by atoms with Crippen molar-refractivity contribution in [2.24, 2.45) is 5.92 Å². The zero-order chi connectivity index (χ0) is 17.1. The molecular formula is C17H20ClFN2O3. The molecule has 7 heteroatoms. The number of benzene rings is 1. The summed E-state index contributed by atoms with van der Waals surface area (Å²) >= 11 is 5.99. The minimum absolute atomic E-state index is 0.0843. The highest BCUT2D eigenvalue weighted by molar-refractivity contribution is 6.33. The van der Waals surface area contributed by atoms with E-state index in [0.29, 0.717) is 39.4 Å². The summed E-state index contributed by atoms with van der Waals surface area (Å²) in [5.41, 5.74) is 0.275. The number of hydrogen-bond acceptors (Lipinski definition) is 3. The fourth-order valence-electron chi connectivity index (χ4n) is 3.24. The van der Waals surface area contributed by atoms with E-state index in [4.69, 9.17) is 16.3 Å². The first-order valence-corrected chi connectivity index (χ1v) is 8.55. The number of morpholine rings is 1. The molecule has 1 aromatic carbocycles. The fraction of sp³-hybridized carbons (Fsp3) is 0.529. The average molecular weight is 355 g/mol. The number of piperidine rings is 1. The highest BCUT2D eigenvalue weighted by Crippen LogP contribution is 2.24. The Morgan fingerprint density at radius 1 is 1.17 bits per heavy atom. The summed E-state index contributed by atoms with van der Waals surface area (Å²) in [7, 11) is 0. The van der Waals surface area contributed by atoms with Gasteiger partial charge in [0.25, 0.3) is 5.91 Å². The molecule has 2 heterocycles. The van der Waals surface area contributed by atoms with Gasteiger partial charge in [0, 0.05) is 26.2 Å². The van der Waals surface area contributed by atoms with Crippen LogP contribution < -0.4 is 0 Å². The molecule has 2 amide bonds. The number of ether oxygens (including phenoxy) is 1. The highest BCUT2D eigenvalue weighted by atomic mass is 35.5. The van der Waals surface area contributed by atoms with Crippen LogP contribution in [0.15, 0.2) is 18.2 Å². The Morgan fingerprint density at radius 3 is 2.62 bits per heavy atom. The van der Waals surface area contributed by atoms with E-state index in [1.165, 1.54) is 12.1 Å². The molecule has 0 spiro atoms. The van der Waals surface area contributed by atoms with Crippen LogP contribution in [0, 0.1) is 11.7 Å². The van der Waals surface area contributed by atoms with Gasteiger partial charge in [-0.1, -0.05) is 11.6 Å². The quantitative estimate of drug-likeness (QED) is 0.818. The van der Waals surface area contributed by atoms with E-state index >= 15 is 0 Å². The predicted molar refractivity (Wildman–Crippen MR) is 87.4 cm³/mol. The molecule has 2 saturated heterocycles. The number of nitrogens with zero attached hydrogens (tertiary/aromatic N) is 2. The first-order chi connectivity index (χ1) is 11.6. The molecule has 0 aliphatic carbocycles. The van der Waals surface area contributed by atoms with Gasteiger partial charge in [-0.25, -0.2) is 4.39 Å². The lowest BCUT2D eigenvalue weighted by Crippen LogP contribution is -2.49. The van der Waals surface area contributed by atoms with Crippen molar-refractivity contribution in [3.05, 3.63) is 34.6 Å². The summed E-state index contributed by atoms with van der Waals surface area (Å²) in [6.45, 7) is 3.29. The van der Waals surface area contributed by atoms with Crippen LogP contribution in [0.25, 0.3) is 0 Å². The topological polar surface area (TPSA) is 49.9 Å². The van der Waals surface area contributed by atoms with E-state index in [2.05, 4.69) is 0 Å². The molecule has 1 aromatic rings. The van der Waals surface area contributed by atoms with Gasteiger partial charge in [-0.2, -0.15) is 0 Å². The third-order valence-corrected chi connectivity index (χ3v) is 4.85. The van der Waals surface area contributed by atoms with Gasteiger partial charge in [0.1, 0.15) is 5.82 Å². The normalized spacial score (nSPS) is 21.7. The monoisotopic (exact) mass is 354 g/mol. The summed E-state index contributed by atoms with van der Waals surface area (Å²) < 4.78 is 18.4. The molecule has 3 rings (SSSR count). The molecule has 2 aliphatic rings. The van der Waals surface area contributed by atoms with Crippen molar-refractivity contribution in [1.29, 1.82) is 0 Å². The number of likely N-dealkylation sites (tertiary alicyclic amines) is 1. The van der Waals surface area contributed by atoms with E-state index in [0.717, 1.165) is 18.9 Å². The molecule has 2 aliphatic heterocycles. The average Bonchev–Trinajstić information content (AvgIpc) is 2.61. The Hall–Kier alpha value is -1.66. The number of hydrogen-bond donors (Lipinski definition) is 0. The van der Waals surface area contributed by atoms with Crippen LogP contribution in [0.4, 0.5) is 4.39 Å². The first-order valence-electron chi connectivity index (χ1n) is 8.17. The molecule has 2 fully saturated rings. The molecule has 1 atom stereocenters. The van der Waals surface area contributed by atoms with Gasteiger partial charge in [-0.3, -0.25) is 9.59 Å². The van der Waals surface area contributed by atoms with E-state index in [9.17, 15) is 14.0 Å². The second-order valence-electron chi connectivity index (χ2n) is 6.15. The fourth-order valence-corrected chi connectivity index (χ4v) is 3.49. The molecule has 0 aromatic heterocycles. The van der Waals surface area contributed by atoms with Crippen LogP contribution in [0.1, 0.15) is 23.2 Å². The molecular weight excluding hydrogens is 335 g/mol. The van der Waals surface area contributed by atoms with E-state index in [-0.39, 0.29) is 28.3 Å². The largest absolute Gasteiger partial charge is 0.378 e. The van der Waals surface area contributed by atoms with Crippen molar-refractivity contribution < 1.29 is 18.7 Å².